The molecule has 0 aromatic heterocycles. The molecule has 27 heavy (non-hydrogen) atoms. The van der Waals surface area contributed by atoms with E-state index in [1.807, 2.05) is 26.0 Å². The van der Waals surface area contributed by atoms with E-state index in [9.17, 15) is 14.4 Å². The summed E-state index contributed by atoms with van der Waals surface area (Å²) in [4.78, 5) is 40.0. The first-order valence-corrected chi connectivity index (χ1v) is 9.82. The van der Waals surface area contributed by atoms with E-state index < -0.39 is 11.9 Å². The molecule has 3 unspecified atom stereocenters. The first-order chi connectivity index (χ1) is 12.8. The average Bonchev–Trinajstić information content (AvgIpc) is 2.83. The summed E-state index contributed by atoms with van der Waals surface area (Å²) in [7, 11) is 0. The minimum Gasteiger partial charge on any atom is -0.324 e. The minimum absolute atomic E-state index is 0.130. The number of likely N-dealkylation sites (tertiary alicyclic amines) is 1. The van der Waals surface area contributed by atoms with Gasteiger partial charge in [0.05, 0.1) is 11.8 Å². The van der Waals surface area contributed by atoms with Crippen molar-refractivity contribution in [3.05, 3.63) is 40.4 Å². The Kier molecular flexibility index (Phi) is 5.92. The Labute approximate surface area is 168 Å². The second-order valence-electron chi connectivity index (χ2n) is 7.49. The van der Waals surface area contributed by atoms with Gasteiger partial charge < -0.3 is 5.32 Å². The first kappa shape index (κ1) is 19.9. The van der Waals surface area contributed by atoms with Gasteiger partial charge in [-0.1, -0.05) is 49.2 Å². The molecule has 1 aromatic rings. The molecule has 3 amide bonds. The number of anilines is 1. The van der Waals surface area contributed by atoms with E-state index in [-0.39, 0.29) is 29.6 Å². The van der Waals surface area contributed by atoms with E-state index in [4.69, 9.17) is 23.2 Å². The fourth-order valence-corrected chi connectivity index (χ4v) is 4.29. The smallest absolute Gasteiger partial charge is 0.247 e. The maximum absolute atomic E-state index is 13.0. The number of hydrogen-bond donors (Lipinski definition) is 1. The van der Waals surface area contributed by atoms with Crippen LogP contribution in [0.2, 0.25) is 10.0 Å². The molecule has 5 nitrogen and oxygen atoms in total. The summed E-state index contributed by atoms with van der Waals surface area (Å²) >= 11 is 12.0. The molecule has 2 aliphatic rings. The predicted molar refractivity (Wildman–Crippen MR) is 106 cm³/mol. The Balaban J connectivity index is 1.86. The van der Waals surface area contributed by atoms with Crippen LogP contribution in [0.3, 0.4) is 0 Å². The molecule has 0 bridgehead atoms. The van der Waals surface area contributed by atoms with Crippen molar-refractivity contribution in [1.82, 2.24) is 4.90 Å². The van der Waals surface area contributed by atoms with Gasteiger partial charge in [-0.05, 0) is 43.4 Å². The van der Waals surface area contributed by atoms with E-state index in [0.717, 1.165) is 0 Å². The normalized spacial score (nSPS) is 22.9. The van der Waals surface area contributed by atoms with Crippen LogP contribution in [-0.2, 0) is 14.4 Å². The zero-order valence-electron chi connectivity index (χ0n) is 15.2. The Morgan fingerprint density at radius 2 is 1.59 bits per heavy atom. The number of amides is 3. The second-order valence-corrected chi connectivity index (χ2v) is 8.37. The van der Waals surface area contributed by atoms with Crippen LogP contribution in [0.5, 0.6) is 0 Å². The third-order valence-corrected chi connectivity index (χ3v) is 5.42. The molecule has 1 heterocycles. The highest BCUT2D eigenvalue weighted by molar-refractivity contribution is 6.35. The highest BCUT2D eigenvalue weighted by atomic mass is 35.5. The zero-order valence-corrected chi connectivity index (χ0v) is 16.8. The zero-order chi connectivity index (χ0) is 19.7. The van der Waals surface area contributed by atoms with Crippen LogP contribution in [0, 0.1) is 17.8 Å². The molecule has 3 atom stereocenters. The molecule has 1 N–H and O–H groups in total. The Morgan fingerprint density at radius 1 is 1.07 bits per heavy atom. The average molecular weight is 409 g/mol. The molecule has 1 aliphatic heterocycles. The molecule has 1 fully saturated rings. The van der Waals surface area contributed by atoms with Crippen molar-refractivity contribution in [3.63, 3.8) is 0 Å². The van der Waals surface area contributed by atoms with Gasteiger partial charge in [0.15, 0.2) is 0 Å². The third kappa shape index (κ3) is 4.19. The summed E-state index contributed by atoms with van der Waals surface area (Å²) in [5, 5.41) is 3.54. The molecule has 144 valence electrons. The van der Waals surface area contributed by atoms with Crippen LogP contribution in [0.25, 0.3) is 0 Å². The van der Waals surface area contributed by atoms with Crippen LogP contribution < -0.4 is 5.32 Å². The number of nitrogens with zero attached hydrogens (tertiary/aromatic N) is 1. The molecule has 1 saturated heterocycles. The van der Waals surface area contributed by atoms with Crippen molar-refractivity contribution < 1.29 is 14.4 Å². The highest BCUT2D eigenvalue weighted by Gasteiger charge is 2.51. The van der Waals surface area contributed by atoms with Crippen LogP contribution >= 0.6 is 23.2 Å². The quantitative estimate of drug-likeness (QED) is 0.583. The SMILES string of the molecule is CC(C)CC(C(=O)Nc1cc(Cl)cc(Cl)c1)N1C(=O)C2CC=CCC2C1=O. The van der Waals surface area contributed by atoms with Crippen LogP contribution in [-0.4, -0.2) is 28.7 Å². The summed E-state index contributed by atoms with van der Waals surface area (Å²) in [6, 6.07) is 3.87. The van der Waals surface area contributed by atoms with E-state index in [0.29, 0.717) is 35.0 Å². The van der Waals surface area contributed by atoms with Crippen molar-refractivity contribution in [2.75, 3.05) is 5.32 Å². The molecule has 1 aromatic carbocycles. The lowest BCUT2D eigenvalue weighted by molar-refractivity contribution is -0.147. The summed E-state index contributed by atoms with van der Waals surface area (Å²) in [5.74, 6) is -1.49. The number of hydrogen-bond acceptors (Lipinski definition) is 3. The van der Waals surface area contributed by atoms with Gasteiger partial charge in [-0.15, -0.1) is 0 Å². The van der Waals surface area contributed by atoms with Crippen molar-refractivity contribution in [2.45, 2.75) is 39.2 Å². The molecule has 0 radical (unpaired) electrons. The number of imide groups is 1. The van der Waals surface area contributed by atoms with E-state index in [2.05, 4.69) is 5.32 Å². The lowest BCUT2D eigenvalue weighted by Crippen LogP contribution is -2.48. The number of rotatable bonds is 5. The van der Waals surface area contributed by atoms with E-state index in [1.165, 1.54) is 4.90 Å². The maximum atomic E-state index is 13.0. The van der Waals surface area contributed by atoms with Gasteiger partial charge in [0.25, 0.3) is 0 Å². The summed E-state index contributed by atoms with van der Waals surface area (Å²) in [5.41, 5.74) is 0.435. The van der Waals surface area contributed by atoms with Gasteiger partial charge in [0.2, 0.25) is 17.7 Å². The summed E-state index contributed by atoms with van der Waals surface area (Å²) in [6.45, 7) is 3.91. The topological polar surface area (TPSA) is 66.5 Å². The molecule has 1 aliphatic carbocycles. The van der Waals surface area contributed by atoms with Gasteiger partial charge in [-0.2, -0.15) is 0 Å². The van der Waals surface area contributed by atoms with Crippen molar-refractivity contribution in [2.24, 2.45) is 17.8 Å². The molecule has 3 rings (SSSR count). The van der Waals surface area contributed by atoms with Gasteiger partial charge in [-0.3, -0.25) is 19.3 Å². The fourth-order valence-electron chi connectivity index (χ4n) is 3.76. The van der Waals surface area contributed by atoms with Gasteiger partial charge in [0, 0.05) is 15.7 Å². The Morgan fingerprint density at radius 3 is 2.07 bits per heavy atom. The van der Waals surface area contributed by atoms with Crippen LogP contribution in [0.1, 0.15) is 33.1 Å². The monoisotopic (exact) mass is 408 g/mol. The first-order valence-electron chi connectivity index (χ1n) is 9.06. The summed E-state index contributed by atoms with van der Waals surface area (Å²) in [6.07, 6.45) is 5.35. The standard InChI is InChI=1S/C20H22Cl2N2O3/c1-11(2)7-17(18(25)23-14-9-12(21)8-13(22)10-14)24-19(26)15-5-3-4-6-16(15)20(24)27/h3-4,8-11,15-17H,5-7H2,1-2H3,(H,23,25). The third-order valence-electron chi connectivity index (χ3n) is 4.98. The molecular formula is C20H22Cl2N2O3. The second kappa shape index (κ2) is 8.03. The predicted octanol–water partition coefficient (Wildman–Crippen LogP) is 4.30. The van der Waals surface area contributed by atoms with Crippen LogP contribution in [0.15, 0.2) is 30.4 Å². The molecule has 0 saturated carbocycles. The number of fused-ring (bicyclic) bond motifs is 1. The number of halogens is 2. The Bertz CT molecular complexity index is 760. The van der Waals surface area contributed by atoms with Gasteiger partial charge in [-0.25, -0.2) is 0 Å². The van der Waals surface area contributed by atoms with E-state index >= 15 is 0 Å². The number of carbonyl (C=O) groups excluding carboxylic acids is 3. The lowest BCUT2D eigenvalue weighted by Gasteiger charge is -2.27. The number of benzene rings is 1. The maximum Gasteiger partial charge on any atom is 0.247 e. The van der Waals surface area contributed by atoms with E-state index in [1.54, 1.807) is 18.2 Å². The van der Waals surface area contributed by atoms with Crippen LogP contribution in [0.4, 0.5) is 5.69 Å². The van der Waals surface area contributed by atoms with Gasteiger partial charge in [0.1, 0.15) is 6.04 Å². The lowest BCUT2D eigenvalue weighted by atomic mass is 9.85. The fraction of sp³-hybridized carbons (Fsp3) is 0.450. The highest BCUT2D eigenvalue weighted by Crippen LogP contribution is 2.37. The number of nitrogens with one attached hydrogen (secondary N) is 1. The van der Waals surface area contributed by atoms with Crippen molar-refractivity contribution in [1.29, 1.82) is 0 Å². The van der Waals surface area contributed by atoms with Crippen molar-refractivity contribution >= 4 is 46.6 Å². The minimum atomic E-state index is -0.853. The molecule has 7 heteroatoms. The summed E-state index contributed by atoms with van der Waals surface area (Å²) < 4.78 is 0. The van der Waals surface area contributed by atoms with Gasteiger partial charge >= 0.3 is 0 Å². The Hall–Kier alpha value is -1.85. The number of carbonyl (C=O) groups is 3. The van der Waals surface area contributed by atoms with Crippen molar-refractivity contribution in [3.8, 4) is 0 Å². The molecule has 0 spiro atoms. The number of allylic oxidation sites excluding steroid dienone is 2. The molecular weight excluding hydrogens is 387 g/mol. The largest absolute Gasteiger partial charge is 0.324 e.